The van der Waals surface area contributed by atoms with Gasteiger partial charge in [0.2, 0.25) is 0 Å². The first-order valence-electron chi connectivity index (χ1n) is 9.18. The minimum Gasteiger partial charge on any atom is -0.371 e. The molecule has 1 aromatic heterocycles. The summed E-state index contributed by atoms with van der Waals surface area (Å²) in [5, 5.41) is 21.4. The van der Waals surface area contributed by atoms with Gasteiger partial charge in [-0.25, -0.2) is 0 Å². The number of para-hydroxylation sites is 1. The van der Waals surface area contributed by atoms with Crippen molar-refractivity contribution in [1.29, 1.82) is 5.26 Å². The molecule has 0 bridgehead atoms. The number of hydrogen-bond acceptors (Lipinski definition) is 5. The van der Waals surface area contributed by atoms with Crippen LogP contribution in [0.15, 0.2) is 48.7 Å². The van der Waals surface area contributed by atoms with Crippen molar-refractivity contribution >= 4 is 28.2 Å². The van der Waals surface area contributed by atoms with E-state index >= 15 is 0 Å². The van der Waals surface area contributed by atoms with Crippen molar-refractivity contribution in [2.75, 3.05) is 18.0 Å². The molecule has 4 rings (SSSR count). The highest BCUT2D eigenvalue weighted by Gasteiger charge is 2.24. The Bertz CT molecular complexity index is 1120. The zero-order valence-corrected chi connectivity index (χ0v) is 15.2. The number of nitrogens with zero attached hydrogens (tertiary/aromatic N) is 4. The second kappa shape index (κ2) is 7.16. The van der Waals surface area contributed by atoms with Crippen LogP contribution in [0.4, 0.5) is 11.4 Å². The molecule has 1 fully saturated rings. The zero-order valence-electron chi connectivity index (χ0n) is 15.2. The van der Waals surface area contributed by atoms with Crippen LogP contribution in [0.3, 0.4) is 0 Å². The van der Waals surface area contributed by atoms with Crippen LogP contribution in [-0.2, 0) is 0 Å². The van der Waals surface area contributed by atoms with Crippen molar-refractivity contribution in [1.82, 2.24) is 4.57 Å². The molecule has 2 heterocycles. The van der Waals surface area contributed by atoms with E-state index in [2.05, 4.69) is 11.0 Å². The number of carbonyl (C=O) groups is 1. The SMILES string of the molecule is N#Cc1cn(C(=O)c2cc([N+](=O)[O-])ccc2N2CCCCC2)c2ccccc12. The zero-order chi connectivity index (χ0) is 19.7. The number of piperidine rings is 1. The predicted molar refractivity (Wildman–Crippen MR) is 106 cm³/mol. The van der Waals surface area contributed by atoms with Crippen LogP contribution in [0.2, 0.25) is 0 Å². The Morgan fingerprint density at radius 1 is 1.11 bits per heavy atom. The van der Waals surface area contributed by atoms with Gasteiger partial charge in [0.05, 0.1) is 27.3 Å². The Kier molecular flexibility index (Phi) is 4.53. The predicted octanol–water partition coefficient (Wildman–Crippen LogP) is 4.10. The molecule has 1 saturated heterocycles. The molecule has 0 aliphatic carbocycles. The van der Waals surface area contributed by atoms with Crippen molar-refractivity contribution in [3.63, 3.8) is 0 Å². The summed E-state index contributed by atoms with van der Waals surface area (Å²) in [6.45, 7) is 1.63. The molecule has 1 aliphatic rings. The summed E-state index contributed by atoms with van der Waals surface area (Å²) in [4.78, 5) is 26.3. The van der Waals surface area contributed by atoms with Gasteiger partial charge in [0.1, 0.15) is 6.07 Å². The van der Waals surface area contributed by atoms with Crippen LogP contribution < -0.4 is 4.90 Å². The number of rotatable bonds is 3. The maximum Gasteiger partial charge on any atom is 0.270 e. The molecule has 3 aromatic rings. The lowest BCUT2D eigenvalue weighted by Gasteiger charge is -2.30. The molecular formula is C21H18N4O3. The van der Waals surface area contributed by atoms with Crippen LogP contribution in [0.1, 0.15) is 35.2 Å². The van der Waals surface area contributed by atoms with E-state index < -0.39 is 4.92 Å². The lowest BCUT2D eigenvalue weighted by atomic mass is 10.1. The normalized spacial score (nSPS) is 14.0. The third-order valence-corrected chi connectivity index (χ3v) is 5.17. The monoisotopic (exact) mass is 374 g/mol. The van der Waals surface area contributed by atoms with Crippen molar-refractivity contribution in [3.05, 3.63) is 69.9 Å². The van der Waals surface area contributed by atoms with E-state index in [4.69, 9.17) is 0 Å². The molecule has 7 heteroatoms. The lowest BCUT2D eigenvalue weighted by molar-refractivity contribution is -0.384. The molecule has 0 N–H and O–H groups in total. The maximum absolute atomic E-state index is 13.4. The van der Waals surface area contributed by atoms with E-state index in [0.717, 1.165) is 32.4 Å². The molecule has 2 aromatic carbocycles. The van der Waals surface area contributed by atoms with Crippen LogP contribution in [0, 0.1) is 21.4 Å². The third kappa shape index (κ3) is 2.99. The number of nitro groups is 1. The highest BCUT2D eigenvalue weighted by molar-refractivity contribution is 6.07. The summed E-state index contributed by atoms with van der Waals surface area (Å²) in [6, 6.07) is 13.7. The van der Waals surface area contributed by atoms with Gasteiger partial charge in [-0.15, -0.1) is 0 Å². The van der Waals surface area contributed by atoms with E-state index in [1.165, 1.54) is 22.9 Å². The van der Waals surface area contributed by atoms with Gasteiger partial charge in [-0.2, -0.15) is 5.26 Å². The average Bonchev–Trinajstić information content (AvgIpc) is 3.12. The quantitative estimate of drug-likeness (QED) is 0.508. The lowest BCUT2D eigenvalue weighted by Crippen LogP contribution is -2.31. The van der Waals surface area contributed by atoms with Gasteiger partial charge in [-0.05, 0) is 31.4 Å². The molecule has 7 nitrogen and oxygen atoms in total. The largest absolute Gasteiger partial charge is 0.371 e. The number of non-ortho nitro benzene ring substituents is 1. The maximum atomic E-state index is 13.4. The van der Waals surface area contributed by atoms with Gasteiger partial charge < -0.3 is 4.90 Å². The fraction of sp³-hybridized carbons (Fsp3) is 0.238. The Labute approximate surface area is 161 Å². The van der Waals surface area contributed by atoms with Gasteiger partial charge in [0.15, 0.2) is 0 Å². The summed E-state index contributed by atoms with van der Waals surface area (Å²) in [5.74, 6) is -0.373. The van der Waals surface area contributed by atoms with Crippen molar-refractivity contribution in [2.45, 2.75) is 19.3 Å². The van der Waals surface area contributed by atoms with E-state index in [1.54, 1.807) is 24.3 Å². The Morgan fingerprint density at radius 2 is 1.86 bits per heavy atom. The fourth-order valence-corrected chi connectivity index (χ4v) is 3.79. The number of aromatic nitrogens is 1. The third-order valence-electron chi connectivity index (χ3n) is 5.17. The Hall–Kier alpha value is -3.66. The summed E-state index contributed by atoms with van der Waals surface area (Å²) in [5.41, 5.74) is 1.86. The van der Waals surface area contributed by atoms with Crippen LogP contribution in [0.5, 0.6) is 0 Å². The number of anilines is 1. The van der Waals surface area contributed by atoms with Gasteiger partial charge >= 0.3 is 0 Å². The number of benzene rings is 2. The van der Waals surface area contributed by atoms with Crippen LogP contribution >= 0.6 is 0 Å². The molecule has 0 atom stereocenters. The summed E-state index contributed by atoms with van der Waals surface area (Å²) < 4.78 is 1.42. The van der Waals surface area contributed by atoms with E-state index in [0.29, 0.717) is 22.2 Å². The minimum absolute atomic E-state index is 0.124. The molecule has 140 valence electrons. The van der Waals surface area contributed by atoms with E-state index in [-0.39, 0.29) is 17.2 Å². The summed E-state index contributed by atoms with van der Waals surface area (Å²) in [6.07, 6.45) is 4.69. The highest BCUT2D eigenvalue weighted by atomic mass is 16.6. The highest BCUT2D eigenvalue weighted by Crippen LogP contribution is 2.30. The van der Waals surface area contributed by atoms with Gasteiger partial charge in [-0.1, -0.05) is 18.2 Å². The van der Waals surface area contributed by atoms with Crippen molar-refractivity contribution in [2.24, 2.45) is 0 Å². The summed E-state index contributed by atoms with van der Waals surface area (Å²) >= 11 is 0. The Balaban J connectivity index is 1.88. The molecule has 0 radical (unpaired) electrons. The molecule has 1 aliphatic heterocycles. The van der Waals surface area contributed by atoms with Crippen molar-refractivity contribution in [3.8, 4) is 6.07 Å². The number of fused-ring (bicyclic) bond motifs is 1. The van der Waals surface area contributed by atoms with Gasteiger partial charge in [-0.3, -0.25) is 19.5 Å². The molecule has 0 saturated carbocycles. The molecule has 0 spiro atoms. The van der Waals surface area contributed by atoms with Gasteiger partial charge in [0.25, 0.3) is 11.6 Å². The van der Waals surface area contributed by atoms with E-state index in [9.17, 15) is 20.2 Å². The number of carbonyl (C=O) groups excluding carboxylic acids is 1. The Morgan fingerprint density at radius 3 is 2.57 bits per heavy atom. The second-order valence-electron chi connectivity index (χ2n) is 6.85. The topological polar surface area (TPSA) is 92.2 Å². The molecule has 0 amide bonds. The first kappa shape index (κ1) is 17.7. The summed E-state index contributed by atoms with van der Waals surface area (Å²) in [7, 11) is 0. The second-order valence-corrected chi connectivity index (χ2v) is 6.85. The van der Waals surface area contributed by atoms with Gasteiger partial charge in [0, 0.05) is 36.8 Å². The van der Waals surface area contributed by atoms with Crippen molar-refractivity contribution < 1.29 is 9.72 Å². The number of nitro benzene ring substituents is 1. The van der Waals surface area contributed by atoms with Crippen LogP contribution in [0.25, 0.3) is 10.9 Å². The smallest absolute Gasteiger partial charge is 0.270 e. The number of hydrogen-bond donors (Lipinski definition) is 0. The molecule has 0 unspecified atom stereocenters. The molecule has 28 heavy (non-hydrogen) atoms. The fourth-order valence-electron chi connectivity index (χ4n) is 3.79. The first-order chi connectivity index (χ1) is 13.6. The standard InChI is InChI=1S/C21H18N4O3/c22-13-15-14-24(20-7-3-2-6-17(15)20)21(26)18-12-16(25(27)28)8-9-19(18)23-10-4-1-5-11-23/h2-3,6-9,12,14H,1,4-5,10-11H2. The average molecular weight is 374 g/mol. The first-order valence-corrected chi connectivity index (χ1v) is 9.18. The van der Waals surface area contributed by atoms with E-state index in [1.807, 2.05) is 6.07 Å². The van der Waals surface area contributed by atoms with Crippen LogP contribution in [-0.4, -0.2) is 28.5 Å². The number of nitriles is 1. The minimum atomic E-state index is -0.495. The molecular weight excluding hydrogens is 356 g/mol.